The van der Waals surface area contributed by atoms with Crippen molar-refractivity contribution >= 4 is 5.97 Å². The smallest absolute Gasteiger partial charge is 0.331 e. The Kier molecular flexibility index (Phi) is 4.74. The van der Waals surface area contributed by atoms with Gasteiger partial charge >= 0.3 is 5.97 Å². The molecule has 0 spiro atoms. The summed E-state index contributed by atoms with van der Waals surface area (Å²) in [6.07, 6.45) is 9.93. The van der Waals surface area contributed by atoms with Gasteiger partial charge in [0.05, 0.1) is 6.10 Å². The molecular weight excluding hydrogens is 340 g/mol. The maximum atomic E-state index is 11.4. The molecule has 3 aliphatic carbocycles. The molecule has 0 aromatic carbocycles. The van der Waals surface area contributed by atoms with Crippen LogP contribution in [0.4, 0.5) is 0 Å². The zero-order valence-corrected chi connectivity index (χ0v) is 17.2. The maximum Gasteiger partial charge on any atom is 0.331 e. The van der Waals surface area contributed by atoms with Gasteiger partial charge in [0.1, 0.15) is 6.61 Å². The first-order valence-electron chi connectivity index (χ1n) is 10.9. The first kappa shape index (κ1) is 19.4. The third-order valence-corrected chi connectivity index (χ3v) is 9.11. The molecule has 0 radical (unpaired) electrons. The predicted octanol–water partition coefficient (Wildman–Crippen LogP) is 3.85. The minimum Gasteiger partial charge on any atom is -0.458 e. The number of carbonyl (C=O) groups excluding carboxylic acids is 1. The van der Waals surface area contributed by atoms with Crippen LogP contribution in [-0.4, -0.2) is 35.5 Å². The van der Waals surface area contributed by atoms with Crippen LogP contribution in [0.1, 0.15) is 72.1 Å². The number of aliphatic hydroxyl groups is 2. The maximum absolute atomic E-state index is 11.4. The van der Waals surface area contributed by atoms with Crippen molar-refractivity contribution in [1.82, 2.24) is 0 Å². The van der Waals surface area contributed by atoms with Crippen LogP contribution < -0.4 is 0 Å². The van der Waals surface area contributed by atoms with Crippen LogP contribution in [0.25, 0.3) is 0 Å². The number of fused-ring (bicyclic) bond motifs is 3. The lowest BCUT2D eigenvalue weighted by Gasteiger charge is -2.63. The molecule has 4 heteroatoms. The summed E-state index contributed by atoms with van der Waals surface area (Å²) in [4.78, 5) is 11.4. The van der Waals surface area contributed by atoms with Gasteiger partial charge in [-0.2, -0.15) is 0 Å². The second-order valence-corrected chi connectivity index (χ2v) is 10.8. The van der Waals surface area contributed by atoms with Crippen molar-refractivity contribution in [3.63, 3.8) is 0 Å². The number of carbonyl (C=O) groups is 1. The monoisotopic (exact) mass is 376 g/mol. The number of aliphatic hydroxyl groups excluding tert-OH is 2. The van der Waals surface area contributed by atoms with Crippen molar-refractivity contribution in [2.45, 2.75) is 78.2 Å². The zero-order chi connectivity index (χ0) is 19.4. The molecule has 27 heavy (non-hydrogen) atoms. The van der Waals surface area contributed by atoms with Crippen LogP contribution in [0.3, 0.4) is 0 Å². The lowest BCUT2D eigenvalue weighted by atomic mass is 9.42. The van der Waals surface area contributed by atoms with Crippen molar-refractivity contribution in [1.29, 1.82) is 0 Å². The number of cyclic esters (lactones) is 1. The highest BCUT2D eigenvalue weighted by atomic mass is 16.5. The Morgan fingerprint density at radius 1 is 1.11 bits per heavy atom. The van der Waals surface area contributed by atoms with E-state index in [2.05, 4.69) is 20.8 Å². The molecule has 0 amide bonds. The SMILES string of the molecule is C[C@]1(CC2=CC(=O)OC2)CC[C@H]2C(CC[C@H]3[C@](C)(CO)CCC[C@]23C)[C@@H]1O. The van der Waals surface area contributed by atoms with Gasteiger partial charge < -0.3 is 14.9 Å². The standard InChI is InChI=1S/C23H36O4/c1-21(12-15-11-19(25)27-13-15)10-7-17-16(20(21)26)5-6-18-22(2,14-24)8-4-9-23(17,18)3/h11,16-18,20,24,26H,4-10,12-14H2,1-3H3/t16?,17-,18-,20-,21+,22-,23+/m0/s1. The van der Waals surface area contributed by atoms with Gasteiger partial charge in [0, 0.05) is 12.7 Å². The van der Waals surface area contributed by atoms with E-state index in [0.717, 1.165) is 44.1 Å². The van der Waals surface area contributed by atoms with Crippen LogP contribution in [-0.2, 0) is 9.53 Å². The van der Waals surface area contributed by atoms with Gasteiger partial charge in [-0.25, -0.2) is 4.79 Å². The van der Waals surface area contributed by atoms with E-state index in [1.54, 1.807) is 6.08 Å². The number of hydrogen-bond acceptors (Lipinski definition) is 4. The summed E-state index contributed by atoms with van der Waals surface area (Å²) in [6.45, 7) is 7.60. The number of ether oxygens (including phenoxy) is 1. The fourth-order valence-electron chi connectivity index (χ4n) is 7.68. The zero-order valence-electron chi connectivity index (χ0n) is 17.2. The van der Waals surface area contributed by atoms with Crippen molar-refractivity contribution in [3.05, 3.63) is 11.6 Å². The minimum absolute atomic E-state index is 0.0377. The van der Waals surface area contributed by atoms with Crippen LogP contribution in [0.15, 0.2) is 11.6 Å². The van der Waals surface area contributed by atoms with Gasteiger partial charge in [-0.1, -0.05) is 27.2 Å². The van der Waals surface area contributed by atoms with Gasteiger partial charge in [0.15, 0.2) is 0 Å². The molecule has 1 aliphatic heterocycles. The van der Waals surface area contributed by atoms with Crippen molar-refractivity contribution < 1.29 is 19.7 Å². The van der Waals surface area contributed by atoms with Gasteiger partial charge in [0.2, 0.25) is 0 Å². The lowest BCUT2D eigenvalue weighted by molar-refractivity contribution is -0.178. The van der Waals surface area contributed by atoms with Crippen molar-refractivity contribution in [3.8, 4) is 0 Å². The van der Waals surface area contributed by atoms with Gasteiger partial charge in [-0.3, -0.25) is 0 Å². The highest BCUT2D eigenvalue weighted by molar-refractivity contribution is 5.85. The summed E-state index contributed by atoms with van der Waals surface area (Å²) in [7, 11) is 0. The molecular formula is C23H36O4. The molecule has 1 heterocycles. The normalized spacial score (nSPS) is 49.8. The first-order chi connectivity index (χ1) is 12.7. The lowest BCUT2D eigenvalue weighted by Crippen LogP contribution is -2.59. The quantitative estimate of drug-likeness (QED) is 0.734. The van der Waals surface area contributed by atoms with E-state index >= 15 is 0 Å². The van der Waals surface area contributed by atoms with E-state index in [1.807, 2.05) is 0 Å². The Balaban J connectivity index is 1.56. The molecule has 0 aromatic rings. The fraction of sp³-hybridized carbons (Fsp3) is 0.870. The topological polar surface area (TPSA) is 66.8 Å². The molecule has 0 saturated heterocycles. The predicted molar refractivity (Wildman–Crippen MR) is 104 cm³/mol. The number of esters is 1. The highest BCUT2D eigenvalue weighted by Crippen LogP contribution is 2.65. The summed E-state index contributed by atoms with van der Waals surface area (Å²) in [5.41, 5.74) is 1.13. The van der Waals surface area contributed by atoms with Crippen molar-refractivity contribution in [2.24, 2.45) is 34.0 Å². The van der Waals surface area contributed by atoms with Crippen molar-refractivity contribution in [2.75, 3.05) is 13.2 Å². The third-order valence-electron chi connectivity index (χ3n) is 9.11. The summed E-state index contributed by atoms with van der Waals surface area (Å²) in [5.74, 6) is 1.20. The third kappa shape index (κ3) is 2.98. The Morgan fingerprint density at radius 3 is 2.56 bits per heavy atom. The highest BCUT2D eigenvalue weighted by Gasteiger charge is 2.60. The average molecular weight is 377 g/mol. The van der Waals surface area contributed by atoms with E-state index in [1.165, 1.54) is 12.8 Å². The Hall–Kier alpha value is -0.870. The second-order valence-electron chi connectivity index (χ2n) is 10.8. The summed E-state index contributed by atoms with van der Waals surface area (Å²) in [5, 5.41) is 21.6. The van der Waals surface area contributed by atoms with Gasteiger partial charge in [-0.15, -0.1) is 0 Å². The van der Waals surface area contributed by atoms with Crippen LogP contribution in [0.5, 0.6) is 0 Å². The molecule has 3 saturated carbocycles. The summed E-state index contributed by atoms with van der Waals surface area (Å²) in [6, 6.07) is 0. The molecule has 0 bridgehead atoms. The summed E-state index contributed by atoms with van der Waals surface area (Å²) >= 11 is 0. The molecule has 4 nitrogen and oxygen atoms in total. The Morgan fingerprint density at radius 2 is 1.89 bits per heavy atom. The van der Waals surface area contributed by atoms with E-state index in [9.17, 15) is 15.0 Å². The Bertz CT molecular complexity index is 642. The van der Waals surface area contributed by atoms with Crippen LogP contribution >= 0.6 is 0 Å². The first-order valence-corrected chi connectivity index (χ1v) is 10.9. The van der Waals surface area contributed by atoms with E-state index in [0.29, 0.717) is 24.4 Å². The van der Waals surface area contributed by atoms with E-state index in [4.69, 9.17) is 4.74 Å². The molecule has 2 N–H and O–H groups in total. The van der Waals surface area contributed by atoms with Crippen LogP contribution in [0.2, 0.25) is 0 Å². The largest absolute Gasteiger partial charge is 0.458 e. The summed E-state index contributed by atoms with van der Waals surface area (Å²) < 4.78 is 5.08. The average Bonchev–Trinajstić information content (AvgIpc) is 3.02. The molecule has 0 aromatic heterocycles. The molecule has 4 aliphatic rings. The molecule has 7 atom stereocenters. The molecule has 152 valence electrons. The molecule has 1 unspecified atom stereocenters. The van der Waals surface area contributed by atoms with Crippen LogP contribution in [0, 0.1) is 34.0 Å². The Labute approximate surface area is 163 Å². The molecule has 4 rings (SSSR count). The van der Waals surface area contributed by atoms with E-state index in [-0.39, 0.29) is 34.9 Å². The minimum atomic E-state index is -0.326. The molecule has 3 fully saturated rings. The van der Waals surface area contributed by atoms with Gasteiger partial charge in [-0.05, 0) is 84.5 Å². The van der Waals surface area contributed by atoms with Gasteiger partial charge in [0.25, 0.3) is 0 Å². The number of hydrogen-bond donors (Lipinski definition) is 2. The number of rotatable bonds is 3. The fourth-order valence-corrected chi connectivity index (χ4v) is 7.68. The van der Waals surface area contributed by atoms with E-state index < -0.39 is 0 Å². The second kappa shape index (κ2) is 6.59.